The normalized spacial score (nSPS) is 16.3. The number of hydrogen-bond acceptors (Lipinski definition) is 4. The molecule has 0 saturated carbocycles. The van der Waals surface area contributed by atoms with Gasteiger partial charge in [0.1, 0.15) is 5.75 Å². The number of carbonyl (C=O) groups is 1. The molecule has 0 aliphatic carbocycles. The van der Waals surface area contributed by atoms with Crippen molar-refractivity contribution in [3.05, 3.63) is 28.8 Å². The predicted octanol–water partition coefficient (Wildman–Crippen LogP) is 0.935. The minimum atomic E-state index is -0.422. The average Bonchev–Trinajstić information content (AvgIpc) is 2.40. The van der Waals surface area contributed by atoms with Gasteiger partial charge in [-0.1, -0.05) is 6.07 Å². The first-order valence-electron chi connectivity index (χ1n) is 6.40. The minimum Gasteiger partial charge on any atom is -0.496 e. The highest BCUT2D eigenvalue weighted by Crippen LogP contribution is 2.27. The number of nitrogens with zero attached hydrogens (tertiary/aromatic N) is 1. The Labute approximate surface area is 113 Å². The molecule has 1 aromatic rings. The fourth-order valence-corrected chi connectivity index (χ4v) is 2.42. The van der Waals surface area contributed by atoms with E-state index in [1.54, 1.807) is 13.2 Å². The van der Waals surface area contributed by atoms with Gasteiger partial charge >= 0.3 is 0 Å². The van der Waals surface area contributed by atoms with E-state index >= 15 is 0 Å². The molecule has 5 nitrogen and oxygen atoms in total. The first kappa shape index (κ1) is 13.8. The topological polar surface area (TPSA) is 64.8 Å². The van der Waals surface area contributed by atoms with E-state index in [1.807, 2.05) is 13.0 Å². The van der Waals surface area contributed by atoms with E-state index in [0.29, 0.717) is 5.56 Å². The van der Waals surface area contributed by atoms with Crippen molar-refractivity contribution in [1.29, 1.82) is 0 Å². The van der Waals surface area contributed by atoms with Gasteiger partial charge in [-0.05, 0) is 13.0 Å². The fourth-order valence-electron chi connectivity index (χ4n) is 2.42. The van der Waals surface area contributed by atoms with Crippen LogP contribution in [0.3, 0.4) is 0 Å². The number of carbonyl (C=O) groups excluding carboxylic acids is 1. The van der Waals surface area contributed by atoms with Crippen molar-refractivity contribution in [1.82, 2.24) is 4.90 Å². The summed E-state index contributed by atoms with van der Waals surface area (Å²) in [5.74, 6) is 0.330. The maximum absolute atomic E-state index is 11.3. The summed E-state index contributed by atoms with van der Waals surface area (Å²) in [5, 5.41) is 0. The molecule has 1 fully saturated rings. The molecule has 0 spiro atoms. The van der Waals surface area contributed by atoms with E-state index in [-0.39, 0.29) is 0 Å². The predicted molar refractivity (Wildman–Crippen MR) is 72.3 cm³/mol. The molecular formula is C14H20N2O3. The SMILES string of the molecule is COc1c(CN2CCOCC2)ccc(C(N)=O)c1C. The van der Waals surface area contributed by atoms with Crippen molar-refractivity contribution in [3.8, 4) is 5.75 Å². The number of amides is 1. The summed E-state index contributed by atoms with van der Waals surface area (Å²) < 4.78 is 10.8. The summed E-state index contributed by atoms with van der Waals surface area (Å²) in [6, 6.07) is 3.69. The highest BCUT2D eigenvalue weighted by Gasteiger charge is 2.17. The zero-order chi connectivity index (χ0) is 13.8. The van der Waals surface area contributed by atoms with E-state index in [2.05, 4.69) is 4.90 Å². The molecule has 104 valence electrons. The van der Waals surface area contributed by atoms with Crippen LogP contribution in [0.5, 0.6) is 5.75 Å². The van der Waals surface area contributed by atoms with Crippen LogP contribution >= 0.6 is 0 Å². The van der Waals surface area contributed by atoms with Crippen molar-refractivity contribution >= 4 is 5.91 Å². The zero-order valence-corrected chi connectivity index (χ0v) is 11.4. The lowest BCUT2D eigenvalue weighted by Crippen LogP contribution is -2.35. The Morgan fingerprint density at radius 2 is 2.11 bits per heavy atom. The van der Waals surface area contributed by atoms with Gasteiger partial charge in [0.05, 0.1) is 20.3 Å². The van der Waals surface area contributed by atoms with Crippen molar-refractivity contribution in [2.24, 2.45) is 5.73 Å². The molecule has 1 saturated heterocycles. The second-order valence-electron chi connectivity index (χ2n) is 4.68. The van der Waals surface area contributed by atoms with Crippen LogP contribution in [-0.4, -0.2) is 44.2 Å². The summed E-state index contributed by atoms with van der Waals surface area (Å²) in [4.78, 5) is 13.6. The third-order valence-corrected chi connectivity index (χ3v) is 3.45. The van der Waals surface area contributed by atoms with E-state index in [4.69, 9.17) is 15.2 Å². The smallest absolute Gasteiger partial charge is 0.249 e. The number of primary amides is 1. The Bertz CT molecular complexity index is 468. The molecule has 0 unspecified atom stereocenters. The van der Waals surface area contributed by atoms with Crippen LogP contribution < -0.4 is 10.5 Å². The molecule has 5 heteroatoms. The molecule has 1 aromatic carbocycles. The first-order valence-corrected chi connectivity index (χ1v) is 6.40. The van der Waals surface area contributed by atoms with Gasteiger partial charge in [0.25, 0.3) is 0 Å². The van der Waals surface area contributed by atoms with Crippen LogP contribution in [-0.2, 0) is 11.3 Å². The zero-order valence-electron chi connectivity index (χ0n) is 11.4. The molecular weight excluding hydrogens is 244 g/mol. The lowest BCUT2D eigenvalue weighted by Gasteiger charge is -2.27. The van der Waals surface area contributed by atoms with Crippen LogP contribution in [0.4, 0.5) is 0 Å². The number of rotatable bonds is 4. The number of nitrogens with two attached hydrogens (primary N) is 1. The van der Waals surface area contributed by atoms with E-state index < -0.39 is 5.91 Å². The van der Waals surface area contributed by atoms with Gasteiger partial charge in [-0.3, -0.25) is 9.69 Å². The first-order chi connectivity index (χ1) is 9.13. The van der Waals surface area contributed by atoms with Crippen LogP contribution in [0, 0.1) is 6.92 Å². The lowest BCUT2D eigenvalue weighted by molar-refractivity contribution is 0.0339. The molecule has 0 aromatic heterocycles. The number of methoxy groups -OCH3 is 1. The fraction of sp³-hybridized carbons (Fsp3) is 0.500. The molecule has 2 N–H and O–H groups in total. The Balaban J connectivity index is 2.24. The number of benzene rings is 1. The van der Waals surface area contributed by atoms with E-state index in [1.165, 1.54) is 0 Å². The van der Waals surface area contributed by atoms with Crippen LogP contribution in [0.25, 0.3) is 0 Å². The van der Waals surface area contributed by atoms with Gasteiger partial charge in [-0.25, -0.2) is 0 Å². The Hall–Kier alpha value is -1.59. The summed E-state index contributed by atoms with van der Waals surface area (Å²) in [5.41, 5.74) is 7.75. The molecule has 2 rings (SSSR count). The van der Waals surface area contributed by atoms with Crippen molar-refractivity contribution in [2.45, 2.75) is 13.5 Å². The molecule has 19 heavy (non-hydrogen) atoms. The number of ether oxygens (including phenoxy) is 2. The van der Waals surface area contributed by atoms with Crippen molar-refractivity contribution < 1.29 is 14.3 Å². The molecule has 1 aliphatic heterocycles. The van der Waals surface area contributed by atoms with Crippen LogP contribution in [0.2, 0.25) is 0 Å². The Morgan fingerprint density at radius 1 is 1.42 bits per heavy atom. The molecule has 0 radical (unpaired) electrons. The second-order valence-corrected chi connectivity index (χ2v) is 4.68. The minimum absolute atomic E-state index is 0.422. The third-order valence-electron chi connectivity index (χ3n) is 3.45. The quantitative estimate of drug-likeness (QED) is 0.879. The van der Waals surface area contributed by atoms with Gasteiger partial charge < -0.3 is 15.2 Å². The van der Waals surface area contributed by atoms with Gasteiger partial charge in [0.15, 0.2) is 0 Å². The Morgan fingerprint density at radius 3 is 2.68 bits per heavy atom. The molecule has 1 heterocycles. The summed E-state index contributed by atoms with van der Waals surface area (Å²) >= 11 is 0. The largest absolute Gasteiger partial charge is 0.496 e. The standard InChI is InChI=1S/C14H20N2O3/c1-10-12(14(15)17)4-3-11(13(10)18-2)9-16-5-7-19-8-6-16/h3-4H,5-9H2,1-2H3,(H2,15,17). The van der Waals surface area contributed by atoms with E-state index in [9.17, 15) is 4.79 Å². The third kappa shape index (κ3) is 3.05. The highest BCUT2D eigenvalue weighted by atomic mass is 16.5. The van der Waals surface area contributed by atoms with Gasteiger partial charge in [0.2, 0.25) is 5.91 Å². The number of morpholine rings is 1. The van der Waals surface area contributed by atoms with Gasteiger partial charge in [-0.15, -0.1) is 0 Å². The highest BCUT2D eigenvalue weighted by molar-refractivity contribution is 5.95. The maximum Gasteiger partial charge on any atom is 0.249 e. The van der Waals surface area contributed by atoms with Crippen molar-refractivity contribution in [2.75, 3.05) is 33.4 Å². The maximum atomic E-state index is 11.3. The second kappa shape index (κ2) is 6.04. The summed E-state index contributed by atoms with van der Waals surface area (Å²) in [6.07, 6.45) is 0. The Kier molecular flexibility index (Phi) is 4.39. The average molecular weight is 264 g/mol. The summed E-state index contributed by atoms with van der Waals surface area (Å²) in [7, 11) is 1.62. The molecule has 1 amide bonds. The van der Waals surface area contributed by atoms with Crippen LogP contribution in [0.15, 0.2) is 12.1 Å². The van der Waals surface area contributed by atoms with Gasteiger partial charge in [0, 0.05) is 36.3 Å². The van der Waals surface area contributed by atoms with Crippen LogP contribution in [0.1, 0.15) is 21.5 Å². The van der Waals surface area contributed by atoms with E-state index in [0.717, 1.165) is 49.7 Å². The summed E-state index contributed by atoms with van der Waals surface area (Å²) in [6.45, 7) is 6.02. The molecule has 0 atom stereocenters. The van der Waals surface area contributed by atoms with Crippen molar-refractivity contribution in [3.63, 3.8) is 0 Å². The number of hydrogen-bond donors (Lipinski definition) is 1. The van der Waals surface area contributed by atoms with Gasteiger partial charge in [-0.2, -0.15) is 0 Å². The monoisotopic (exact) mass is 264 g/mol. The molecule has 1 aliphatic rings. The lowest BCUT2D eigenvalue weighted by atomic mass is 10.0. The molecule has 0 bridgehead atoms.